The van der Waals surface area contributed by atoms with E-state index in [1.165, 1.54) is 0 Å². The fourth-order valence-corrected chi connectivity index (χ4v) is 1.28. The molecule has 0 aromatic heterocycles. The summed E-state index contributed by atoms with van der Waals surface area (Å²) >= 11 is 0. The molecular formula is C14H28O4. The minimum Gasteiger partial charge on any atom is -0.463 e. The zero-order chi connectivity index (χ0) is 13.8. The van der Waals surface area contributed by atoms with Crippen LogP contribution >= 0.6 is 0 Å². The number of rotatable bonds is 11. The quantitative estimate of drug-likeness (QED) is 0.423. The van der Waals surface area contributed by atoms with Gasteiger partial charge in [0.25, 0.3) is 0 Å². The second kappa shape index (κ2) is 11.5. The van der Waals surface area contributed by atoms with Crippen LogP contribution < -0.4 is 0 Å². The Hall–Kier alpha value is -0.610. The van der Waals surface area contributed by atoms with Gasteiger partial charge >= 0.3 is 5.97 Å². The molecule has 0 amide bonds. The second-order valence-electron chi connectivity index (χ2n) is 5.05. The van der Waals surface area contributed by atoms with Crippen molar-refractivity contribution in [3.05, 3.63) is 0 Å². The molecule has 0 radical (unpaired) electrons. The van der Waals surface area contributed by atoms with Crippen molar-refractivity contribution in [2.45, 2.75) is 53.1 Å². The van der Waals surface area contributed by atoms with Gasteiger partial charge < -0.3 is 14.2 Å². The van der Waals surface area contributed by atoms with Crippen molar-refractivity contribution < 1.29 is 19.0 Å². The Labute approximate surface area is 111 Å². The lowest BCUT2D eigenvalue weighted by Crippen LogP contribution is -2.12. The monoisotopic (exact) mass is 260 g/mol. The largest absolute Gasteiger partial charge is 0.463 e. The summed E-state index contributed by atoms with van der Waals surface area (Å²) in [5.74, 6) is 0.527. The Morgan fingerprint density at radius 2 is 1.56 bits per heavy atom. The lowest BCUT2D eigenvalue weighted by atomic mass is 10.1. The molecule has 0 bridgehead atoms. The molecule has 4 heteroatoms. The highest BCUT2D eigenvalue weighted by molar-refractivity contribution is 5.69. The highest BCUT2D eigenvalue weighted by Gasteiger charge is 2.04. The maximum Gasteiger partial charge on any atom is 0.306 e. The molecule has 0 saturated heterocycles. The van der Waals surface area contributed by atoms with Crippen molar-refractivity contribution in [3.8, 4) is 0 Å². The van der Waals surface area contributed by atoms with Gasteiger partial charge in [-0.3, -0.25) is 4.79 Å². The van der Waals surface area contributed by atoms with Crippen LogP contribution in [0.2, 0.25) is 0 Å². The van der Waals surface area contributed by atoms with Crippen molar-refractivity contribution in [1.82, 2.24) is 0 Å². The molecule has 0 aliphatic heterocycles. The van der Waals surface area contributed by atoms with Gasteiger partial charge in [-0.25, -0.2) is 0 Å². The Morgan fingerprint density at radius 3 is 2.11 bits per heavy atom. The van der Waals surface area contributed by atoms with E-state index in [9.17, 15) is 4.79 Å². The smallest absolute Gasteiger partial charge is 0.306 e. The fourth-order valence-electron chi connectivity index (χ4n) is 1.28. The summed E-state index contributed by atoms with van der Waals surface area (Å²) in [6.07, 6.45) is 2.18. The summed E-state index contributed by atoms with van der Waals surface area (Å²) in [6.45, 7) is 10.7. The zero-order valence-corrected chi connectivity index (χ0v) is 12.2. The molecule has 0 spiro atoms. The van der Waals surface area contributed by atoms with Crippen molar-refractivity contribution in [2.75, 3.05) is 26.4 Å². The summed E-state index contributed by atoms with van der Waals surface area (Å²) in [4.78, 5) is 11.2. The number of hydrogen-bond acceptors (Lipinski definition) is 4. The molecule has 0 fully saturated rings. The van der Waals surface area contributed by atoms with E-state index in [4.69, 9.17) is 14.2 Å². The standard InChI is InChI=1S/C14H28O4/c1-12(2)7-9-17-11-10-16-8-5-6-14(15)18-13(3)4/h12-13H,5-11H2,1-4H3. The van der Waals surface area contributed by atoms with Gasteiger partial charge in [-0.1, -0.05) is 13.8 Å². The van der Waals surface area contributed by atoms with Gasteiger partial charge in [-0.05, 0) is 32.6 Å². The minimum absolute atomic E-state index is 0.0345. The maximum atomic E-state index is 11.2. The number of carbonyl (C=O) groups is 1. The van der Waals surface area contributed by atoms with Crippen molar-refractivity contribution in [2.24, 2.45) is 5.92 Å². The van der Waals surface area contributed by atoms with Crippen LogP contribution in [0, 0.1) is 5.92 Å². The third kappa shape index (κ3) is 13.5. The van der Waals surface area contributed by atoms with Gasteiger partial charge in [-0.2, -0.15) is 0 Å². The summed E-state index contributed by atoms with van der Waals surface area (Å²) in [6, 6.07) is 0. The van der Waals surface area contributed by atoms with Crippen LogP contribution in [-0.4, -0.2) is 38.5 Å². The molecule has 0 aromatic rings. The predicted molar refractivity (Wildman–Crippen MR) is 71.6 cm³/mol. The number of esters is 1. The summed E-state index contributed by atoms with van der Waals surface area (Å²) in [5, 5.41) is 0. The summed E-state index contributed by atoms with van der Waals surface area (Å²) in [5.41, 5.74) is 0. The molecule has 0 N–H and O–H groups in total. The Balaban J connectivity index is 3.14. The summed E-state index contributed by atoms with van der Waals surface area (Å²) in [7, 11) is 0. The van der Waals surface area contributed by atoms with Crippen LogP contribution in [0.1, 0.15) is 47.0 Å². The van der Waals surface area contributed by atoms with Gasteiger partial charge in [0.2, 0.25) is 0 Å². The normalized spacial score (nSPS) is 11.2. The summed E-state index contributed by atoms with van der Waals surface area (Å²) < 4.78 is 15.8. The van der Waals surface area contributed by atoms with Crippen molar-refractivity contribution in [1.29, 1.82) is 0 Å². The zero-order valence-electron chi connectivity index (χ0n) is 12.2. The van der Waals surface area contributed by atoms with E-state index in [2.05, 4.69) is 13.8 Å². The molecule has 0 aliphatic carbocycles. The molecule has 0 unspecified atom stereocenters. The average Bonchev–Trinajstić information content (AvgIpc) is 2.25. The first-order valence-corrected chi connectivity index (χ1v) is 6.87. The molecule has 0 rings (SSSR count). The third-order valence-corrected chi connectivity index (χ3v) is 2.25. The maximum absolute atomic E-state index is 11.2. The van der Waals surface area contributed by atoms with Crippen LogP contribution in [0.5, 0.6) is 0 Å². The van der Waals surface area contributed by atoms with E-state index >= 15 is 0 Å². The molecule has 0 saturated carbocycles. The second-order valence-corrected chi connectivity index (χ2v) is 5.05. The van der Waals surface area contributed by atoms with Crippen LogP contribution in [0.15, 0.2) is 0 Å². The van der Waals surface area contributed by atoms with Crippen LogP contribution in [-0.2, 0) is 19.0 Å². The Bertz CT molecular complexity index is 202. The highest BCUT2D eigenvalue weighted by atomic mass is 16.5. The predicted octanol–water partition coefficient (Wildman–Crippen LogP) is 2.80. The molecule has 0 atom stereocenters. The van der Waals surface area contributed by atoms with E-state index < -0.39 is 0 Å². The van der Waals surface area contributed by atoms with Crippen molar-refractivity contribution in [3.63, 3.8) is 0 Å². The highest BCUT2D eigenvalue weighted by Crippen LogP contribution is 1.99. The lowest BCUT2D eigenvalue weighted by Gasteiger charge is -2.08. The van der Waals surface area contributed by atoms with E-state index in [-0.39, 0.29) is 12.1 Å². The fraction of sp³-hybridized carbons (Fsp3) is 0.929. The number of ether oxygens (including phenoxy) is 3. The van der Waals surface area contributed by atoms with E-state index in [1.807, 2.05) is 13.8 Å². The molecule has 0 heterocycles. The number of carbonyl (C=O) groups excluding carboxylic acids is 1. The van der Waals surface area contributed by atoms with Crippen LogP contribution in [0.25, 0.3) is 0 Å². The van der Waals surface area contributed by atoms with Gasteiger partial charge in [0.05, 0.1) is 19.3 Å². The third-order valence-electron chi connectivity index (χ3n) is 2.25. The van der Waals surface area contributed by atoms with Crippen molar-refractivity contribution >= 4 is 5.97 Å². The number of hydrogen-bond donors (Lipinski definition) is 0. The molecule has 0 aromatic carbocycles. The van der Waals surface area contributed by atoms with Crippen LogP contribution in [0.4, 0.5) is 0 Å². The Morgan fingerprint density at radius 1 is 0.944 bits per heavy atom. The first-order valence-electron chi connectivity index (χ1n) is 6.87. The van der Waals surface area contributed by atoms with E-state index in [0.717, 1.165) is 13.0 Å². The first kappa shape index (κ1) is 17.4. The molecule has 4 nitrogen and oxygen atoms in total. The molecule has 0 aliphatic rings. The average molecular weight is 260 g/mol. The van der Waals surface area contributed by atoms with Crippen LogP contribution in [0.3, 0.4) is 0 Å². The topological polar surface area (TPSA) is 44.8 Å². The molecule has 18 heavy (non-hydrogen) atoms. The first-order chi connectivity index (χ1) is 8.52. The van der Waals surface area contributed by atoms with Gasteiger partial charge in [0, 0.05) is 19.6 Å². The van der Waals surface area contributed by atoms with Gasteiger partial charge in [0.1, 0.15) is 0 Å². The SMILES string of the molecule is CC(C)CCOCCOCCCC(=O)OC(C)C. The Kier molecular flexibility index (Phi) is 11.1. The van der Waals surface area contributed by atoms with E-state index in [1.54, 1.807) is 0 Å². The molecular weight excluding hydrogens is 232 g/mol. The van der Waals surface area contributed by atoms with Gasteiger partial charge in [-0.15, -0.1) is 0 Å². The minimum atomic E-state index is -0.151. The van der Waals surface area contributed by atoms with Gasteiger partial charge in [0.15, 0.2) is 0 Å². The van der Waals surface area contributed by atoms with E-state index in [0.29, 0.717) is 38.6 Å². The molecule has 108 valence electrons. The lowest BCUT2D eigenvalue weighted by molar-refractivity contribution is -0.147.